The molecule has 0 bridgehead atoms. The van der Waals surface area contributed by atoms with Gasteiger partial charge in [-0.2, -0.15) is 4.31 Å². The van der Waals surface area contributed by atoms with E-state index in [1.165, 1.54) is 22.5 Å². The zero-order valence-electron chi connectivity index (χ0n) is 18.1. The highest BCUT2D eigenvalue weighted by atomic mass is 35.5. The van der Waals surface area contributed by atoms with Gasteiger partial charge in [0, 0.05) is 13.1 Å². The first-order chi connectivity index (χ1) is 15.8. The van der Waals surface area contributed by atoms with Crippen LogP contribution in [0, 0.1) is 6.92 Å². The Kier molecular flexibility index (Phi) is 8.67. The van der Waals surface area contributed by atoms with Crippen molar-refractivity contribution < 1.29 is 32.2 Å². The predicted octanol–water partition coefficient (Wildman–Crippen LogP) is 2.62. The van der Waals surface area contributed by atoms with E-state index in [1.807, 2.05) is 25.1 Å². The first-order valence-corrected chi connectivity index (χ1v) is 12.1. The van der Waals surface area contributed by atoms with Gasteiger partial charge in [-0.15, -0.1) is 0 Å². The Balaban J connectivity index is 1.50. The van der Waals surface area contributed by atoms with Crippen LogP contribution in [0.1, 0.15) is 12.0 Å². The number of carbonyl (C=O) groups excluding carboxylic acids is 2. The van der Waals surface area contributed by atoms with E-state index in [9.17, 15) is 18.0 Å². The van der Waals surface area contributed by atoms with Crippen LogP contribution in [-0.4, -0.2) is 64.1 Å². The molecule has 1 aliphatic heterocycles. The second-order valence-corrected chi connectivity index (χ2v) is 9.63. The van der Waals surface area contributed by atoms with Crippen molar-refractivity contribution in [1.29, 1.82) is 0 Å². The lowest BCUT2D eigenvalue weighted by Crippen LogP contribution is -2.40. The maximum Gasteiger partial charge on any atom is 0.309 e. The molecule has 0 spiro atoms. The minimum atomic E-state index is -3.75. The predicted molar refractivity (Wildman–Crippen MR) is 122 cm³/mol. The molecule has 33 heavy (non-hydrogen) atoms. The highest BCUT2D eigenvalue weighted by Gasteiger charge is 2.27. The van der Waals surface area contributed by atoms with Gasteiger partial charge >= 0.3 is 5.97 Å². The van der Waals surface area contributed by atoms with Gasteiger partial charge in [0.1, 0.15) is 5.75 Å². The zero-order valence-corrected chi connectivity index (χ0v) is 19.7. The van der Waals surface area contributed by atoms with Crippen molar-refractivity contribution in [3.8, 4) is 5.75 Å². The summed E-state index contributed by atoms with van der Waals surface area (Å²) in [6, 6.07) is 11.4. The molecule has 0 aromatic heterocycles. The van der Waals surface area contributed by atoms with Gasteiger partial charge in [0.2, 0.25) is 10.0 Å². The third kappa shape index (κ3) is 7.16. The average Bonchev–Trinajstić information content (AvgIpc) is 2.80. The van der Waals surface area contributed by atoms with Crippen molar-refractivity contribution in [3.05, 3.63) is 53.1 Å². The fourth-order valence-electron chi connectivity index (χ4n) is 3.06. The molecule has 0 atom stereocenters. The maximum atomic E-state index is 12.8. The third-order valence-electron chi connectivity index (χ3n) is 4.75. The summed E-state index contributed by atoms with van der Waals surface area (Å²) >= 11 is 6.11. The normalized spacial score (nSPS) is 14.5. The standard InChI is InChI=1S/C22H25ClN2O7S/c1-16-3-2-4-17(13-16)31-10-7-22(27)32-15-21(26)24-20-14-18(5-6-19(20)23)33(28,29)25-8-11-30-12-9-25/h2-6,13-14H,7-12,15H2,1H3,(H,24,26). The molecule has 3 rings (SSSR count). The van der Waals surface area contributed by atoms with E-state index in [4.69, 9.17) is 25.8 Å². The number of morpholine rings is 1. The van der Waals surface area contributed by atoms with E-state index in [1.54, 1.807) is 6.07 Å². The number of ether oxygens (including phenoxy) is 3. The Morgan fingerprint density at radius 2 is 1.91 bits per heavy atom. The molecule has 0 radical (unpaired) electrons. The van der Waals surface area contributed by atoms with Gasteiger partial charge in [-0.05, 0) is 42.8 Å². The summed E-state index contributed by atoms with van der Waals surface area (Å²) in [5.74, 6) is -0.611. The molecule has 1 aliphatic rings. The van der Waals surface area contributed by atoms with Crippen LogP contribution in [0.25, 0.3) is 0 Å². The minimum absolute atomic E-state index is 0.00519. The molecule has 2 aromatic carbocycles. The molecule has 1 saturated heterocycles. The fraction of sp³-hybridized carbons (Fsp3) is 0.364. The van der Waals surface area contributed by atoms with Gasteiger partial charge in [0.15, 0.2) is 6.61 Å². The Labute approximate surface area is 197 Å². The van der Waals surface area contributed by atoms with Crippen LogP contribution in [0.5, 0.6) is 5.75 Å². The summed E-state index contributed by atoms with van der Waals surface area (Å²) in [5, 5.41) is 2.64. The second kappa shape index (κ2) is 11.5. The van der Waals surface area contributed by atoms with Gasteiger partial charge in [-0.1, -0.05) is 23.7 Å². The number of halogens is 1. The SMILES string of the molecule is Cc1cccc(OCCC(=O)OCC(=O)Nc2cc(S(=O)(=O)N3CCOCC3)ccc2Cl)c1. The molecule has 11 heteroatoms. The summed E-state index contributed by atoms with van der Waals surface area (Å²) in [4.78, 5) is 24.1. The molecule has 0 saturated carbocycles. The van der Waals surface area contributed by atoms with Crippen molar-refractivity contribution >= 4 is 39.2 Å². The zero-order chi connectivity index (χ0) is 23.8. The summed E-state index contributed by atoms with van der Waals surface area (Å²) in [6.07, 6.45) is -0.0325. The Bertz CT molecular complexity index is 1100. The van der Waals surface area contributed by atoms with Crippen LogP contribution in [0.2, 0.25) is 5.02 Å². The lowest BCUT2D eigenvalue weighted by Gasteiger charge is -2.26. The summed E-state index contributed by atoms with van der Waals surface area (Å²) in [6.45, 7) is 2.62. The van der Waals surface area contributed by atoms with E-state index in [0.717, 1.165) is 5.56 Å². The molecule has 1 N–H and O–H groups in total. The summed E-state index contributed by atoms with van der Waals surface area (Å²) in [7, 11) is -3.75. The van der Waals surface area contributed by atoms with E-state index in [0.29, 0.717) is 19.0 Å². The lowest BCUT2D eigenvalue weighted by atomic mass is 10.2. The molecule has 1 amide bonds. The van der Waals surface area contributed by atoms with Crippen LogP contribution in [0.4, 0.5) is 5.69 Å². The van der Waals surface area contributed by atoms with E-state index in [2.05, 4.69) is 5.32 Å². The number of anilines is 1. The lowest BCUT2D eigenvalue weighted by molar-refractivity contribution is -0.147. The molecular formula is C22H25ClN2O7S. The largest absolute Gasteiger partial charge is 0.493 e. The smallest absolute Gasteiger partial charge is 0.309 e. The fourth-order valence-corrected chi connectivity index (χ4v) is 4.66. The second-order valence-electron chi connectivity index (χ2n) is 7.28. The molecule has 9 nitrogen and oxygen atoms in total. The number of sulfonamides is 1. The number of nitrogens with zero attached hydrogens (tertiary/aromatic N) is 1. The maximum absolute atomic E-state index is 12.8. The molecule has 0 unspecified atom stereocenters. The van der Waals surface area contributed by atoms with Crippen molar-refractivity contribution in [2.45, 2.75) is 18.2 Å². The van der Waals surface area contributed by atoms with Crippen LogP contribution in [0.15, 0.2) is 47.4 Å². The molecule has 1 fully saturated rings. The number of benzene rings is 2. The van der Waals surface area contributed by atoms with Crippen LogP contribution >= 0.6 is 11.6 Å². The van der Waals surface area contributed by atoms with E-state index < -0.39 is 28.5 Å². The van der Waals surface area contributed by atoms with Crippen LogP contribution < -0.4 is 10.1 Å². The van der Waals surface area contributed by atoms with E-state index in [-0.39, 0.29) is 41.7 Å². The van der Waals surface area contributed by atoms with Crippen molar-refractivity contribution in [3.63, 3.8) is 0 Å². The monoisotopic (exact) mass is 496 g/mol. The number of hydrogen-bond donors (Lipinski definition) is 1. The highest BCUT2D eigenvalue weighted by molar-refractivity contribution is 7.89. The Morgan fingerprint density at radius 3 is 2.64 bits per heavy atom. The van der Waals surface area contributed by atoms with Crippen molar-refractivity contribution in [2.24, 2.45) is 0 Å². The molecule has 1 heterocycles. The summed E-state index contributed by atoms with van der Waals surface area (Å²) < 4.78 is 42.6. The van der Waals surface area contributed by atoms with Crippen LogP contribution in [0.3, 0.4) is 0 Å². The number of nitrogens with one attached hydrogen (secondary N) is 1. The Morgan fingerprint density at radius 1 is 1.15 bits per heavy atom. The van der Waals surface area contributed by atoms with Gasteiger partial charge in [0.05, 0.1) is 41.8 Å². The quantitative estimate of drug-likeness (QED) is 0.531. The van der Waals surface area contributed by atoms with Crippen molar-refractivity contribution in [1.82, 2.24) is 4.31 Å². The van der Waals surface area contributed by atoms with Gasteiger partial charge in [0.25, 0.3) is 5.91 Å². The minimum Gasteiger partial charge on any atom is -0.493 e. The number of esters is 1. The number of aryl methyl sites for hydroxylation is 1. The number of hydrogen-bond acceptors (Lipinski definition) is 7. The van der Waals surface area contributed by atoms with Crippen LogP contribution in [-0.2, 0) is 29.1 Å². The molecule has 2 aromatic rings. The van der Waals surface area contributed by atoms with E-state index >= 15 is 0 Å². The van der Waals surface area contributed by atoms with Crippen molar-refractivity contribution in [2.75, 3.05) is 44.8 Å². The average molecular weight is 497 g/mol. The Hall–Kier alpha value is -2.66. The first-order valence-electron chi connectivity index (χ1n) is 10.3. The first kappa shape index (κ1) is 25.0. The van der Waals surface area contributed by atoms with Gasteiger partial charge in [-0.25, -0.2) is 8.42 Å². The topological polar surface area (TPSA) is 111 Å². The number of amides is 1. The molecule has 178 valence electrons. The van der Waals surface area contributed by atoms with Gasteiger partial charge in [-0.3, -0.25) is 9.59 Å². The number of carbonyl (C=O) groups is 2. The number of rotatable bonds is 9. The third-order valence-corrected chi connectivity index (χ3v) is 6.97. The van der Waals surface area contributed by atoms with Gasteiger partial charge < -0.3 is 19.5 Å². The molecular weight excluding hydrogens is 472 g/mol. The molecule has 0 aliphatic carbocycles. The highest BCUT2D eigenvalue weighted by Crippen LogP contribution is 2.27. The summed E-state index contributed by atoms with van der Waals surface area (Å²) in [5.41, 5.74) is 1.14.